The van der Waals surface area contributed by atoms with Gasteiger partial charge in [0.05, 0.1) is 37.8 Å². The Morgan fingerprint density at radius 1 is 0.923 bits per heavy atom. The molecule has 0 saturated heterocycles. The second-order valence-corrected chi connectivity index (χ2v) is 10.4. The first-order chi connectivity index (χ1) is 18.9. The molecule has 0 radical (unpaired) electrons. The van der Waals surface area contributed by atoms with Crippen LogP contribution in [0.15, 0.2) is 74.3 Å². The first-order valence-corrected chi connectivity index (χ1v) is 13.7. The number of benzene rings is 3. The molecule has 202 valence electrons. The second kappa shape index (κ2) is 11.5. The first-order valence-electron chi connectivity index (χ1n) is 13.0. The first kappa shape index (κ1) is 26.8. The molecule has 5 rings (SSSR count). The average Bonchev–Trinajstić information content (AvgIpc) is 3.23. The zero-order valence-corrected chi connectivity index (χ0v) is 23.7. The molecule has 0 spiro atoms. The van der Waals surface area contributed by atoms with Gasteiger partial charge in [0, 0.05) is 11.0 Å². The zero-order chi connectivity index (χ0) is 27.5. The van der Waals surface area contributed by atoms with Crippen molar-refractivity contribution in [1.29, 1.82) is 0 Å². The van der Waals surface area contributed by atoms with Crippen molar-refractivity contribution in [3.8, 4) is 17.2 Å². The van der Waals surface area contributed by atoms with Gasteiger partial charge in [-0.2, -0.15) is 0 Å². The van der Waals surface area contributed by atoms with Crippen LogP contribution in [-0.2, 0) is 6.54 Å². The molecule has 0 aliphatic carbocycles. The normalized spacial score (nSPS) is 14.5. The van der Waals surface area contributed by atoms with Gasteiger partial charge in [0.1, 0.15) is 11.3 Å². The Hall–Kier alpha value is -3.78. The number of nitrogens with zero attached hydrogens (tertiary/aromatic N) is 1. The van der Waals surface area contributed by atoms with Crippen molar-refractivity contribution in [1.82, 2.24) is 4.90 Å². The minimum Gasteiger partial charge on any atom is -0.497 e. The Morgan fingerprint density at radius 3 is 2.44 bits per heavy atom. The number of ether oxygens (including phenoxy) is 3. The highest BCUT2D eigenvalue weighted by molar-refractivity contribution is 9.10. The van der Waals surface area contributed by atoms with Gasteiger partial charge in [-0.05, 0) is 60.0 Å². The maximum absolute atomic E-state index is 13.9. The molecule has 39 heavy (non-hydrogen) atoms. The zero-order valence-electron chi connectivity index (χ0n) is 22.2. The Labute approximate surface area is 235 Å². The van der Waals surface area contributed by atoms with Crippen molar-refractivity contribution in [3.05, 3.63) is 97.8 Å². The molecule has 1 aliphatic rings. The fraction of sp³-hybridized carbons (Fsp3) is 0.290. The maximum Gasteiger partial charge on any atom is 0.291 e. The number of carbonyl (C=O) groups excluding carboxylic acids is 1. The minimum absolute atomic E-state index is 0.0622. The van der Waals surface area contributed by atoms with Gasteiger partial charge in [0.15, 0.2) is 16.9 Å². The Balaban J connectivity index is 1.61. The summed E-state index contributed by atoms with van der Waals surface area (Å²) < 4.78 is 23.8. The largest absolute Gasteiger partial charge is 0.497 e. The summed E-state index contributed by atoms with van der Waals surface area (Å²) in [6.07, 6.45) is 3.14. The van der Waals surface area contributed by atoms with Crippen LogP contribution in [-0.4, -0.2) is 31.6 Å². The molecule has 1 amide bonds. The fourth-order valence-electron chi connectivity index (χ4n) is 4.94. The van der Waals surface area contributed by atoms with Crippen LogP contribution in [0, 0.1) is 0 Å². The molecule has 0 N–H and O–H groups in total. The molecule has 4 aromatic rings. The van der Waals surface area contributed by atoms with Crippen molar-refractivity contribution in [2.24, 2.45) is 0 Å². The molecule has 0 saturated carbocycles. The van der Waals surface area contributed by atoms with Crippen molar-refractivity contribution in [3.63, 3.8) is 0 Å². The number of hydrogen-bond acceptors (Lipinski definition) is 6. The number of amides is 1. The molecular formula is C31H30BrNO6. The molecule has 2 heterocycles. The summed E-state index contributed by atoms with van der Waals surface area (Å²) in [5.41, 5.74) is 2.08. The highest BCUT2D eigenvalue weighted by atomic mass is 79.9. The van der Waals surface area contributed by atoms with Crippen LogP contribution in [0.5, 0.6) is 17.2 Å². The maximum atomic E-state index is 13.9. The van der Waals surface area contributed by atoms with E-state index in [1.54, 1.807) is 37.3 Å². The monoisotopic (exact) mass is 591 g/mol. The molecular weight excluding hydrogens is 562 g/mol. The second-order valence-electron chi connectivity index (χ2n) is 9.46. The van der Waals surface area contributed by atoms with Crippen LogP contribution in [0.4, 0.5) is 0 Å². The van der Waals surface area contributed by atoms with E-state index in [0.29, 0.717) is 34.6 Å². The lowest BCUT2D eigenvalue weighted by atomic mass is 9.97. The third-order valence-electron chi connectivity index (χ3n) is 6.95. The van der Waals surface area contributed by atoms with Crippen molar-refractivity contribution < 1.29 is 23.4 Å². The van der Waals surface area contributed by atoms with Crippen LogP contribution >= 0.6 is 15.9 Å². The number of carbonyl (C=O) groups is 1. The van der Waals surface area contributed by atoms with E-state index in [2.05, 4.69) is 22.9 Å². The van der Waals surface area contributed by atoms with Gasteiger partial charge < -0.3 is 23.5 Å². The smallest absolute Gasteiger partial charge is 0.291 e. The predicted octanol–water partition coefficient (Wildman–Crippen LogP) is 6.89. The third kappa shape index (κ3) is 5.26. The third-order valence-corrected chi connectivity index (χ3v) is 7.44. The van der Waals surface area contributed by atoms with Gasteiger partial charge in [-0.1, -0.05) is 53.9 Å². The van der Waals surface area contributed by atoms with Crippen molar-refractivity contribution >= 4 is 32.8 Å². The SMILES string of the molecule is CCCCCOc1ccc(C2c3c(oc4ccc(Br)cc4c3=O)C(=O)N2Cc2ccc(OC)cc2)cc1OC. The van der Waals surface area contributed by atoms with Crippen molar-refractivity contribution in [2.45, 2.75) is 38.8 Å². The van der Waals surface area contributed by atoms with Gasteiger partial charge in [-0.15, -0.1) is 0 Å². The lowest BCUT2D eigenvalue weighted by molar-refractivity contribution is 0.0714. The molecule has 7 nitrogen and oxygen atoms in total. The summed E-state index contributed by atoms with van der Waals surface area (Å²) >= 11 is 3.45. The molecule has 0 bridgehead atoms. The number of halogens is 1. The van der Waals surface area contributed by atoms with Gasteiger partial charge in [-0.3, -0.25) is 9.59 Å². The van der Waals surface area contributed by atoms with Crippen LogP contribution in [0.1, 0.15) is 59.5 Å². The summed E-state index contributed by atoms with van der Waals surface area (Å²) in [5.74, 6) is 1.61. The number of rotatable bonds is 10. The molecule has 1 aliphatic heterocycles. The Bertz CT molecular complexity index is 1560. The van der Waals surface area contributed by atoms with E-state index in [4.69, 9.17) is 18.6 Å². The fourth-order valence-corrected chi connectivity index (χ4v) is 5.30. The molecule has 3 aromatic carbocycles. The molecule has 0 fully saturated rings. The van der Waals surface area contributed by atoms with E-state index in [1.165, 1.54) is 0 Å². The van der Waals surface area contributed by atoms with Crippen molar-refractivity contribution in [2.75, 3.05) is 20.8 Å². The van der Waals surface area contributed by atoms with Gasteiger partial charge >= 0.3 is 0 Å². The van der Waals surface area contributed by atoms with Crippen LogP contribution in [0.25, 0.3) is 11.0 Å². The molecule has 1 atom stereocenters. The van der Waals surface area contributed by atoms with E-state index in [-0.39, 0.29) is 23.6 Å². The highest BCUT2D eigenvalue weighted by Gasteiger charge is 2.43. The van der Waals surface area contributed by atoms with Crippen LogP contribution in [0.3, 0.4) is 0 Å². The van der Waals surface area contributed by atoms with Gasteiger partial charge in [-0.25, -0.2) is 0 Å². The van der Waals surface area contributed by atoms with E-state index >= 15 is 0 Å². The summed E-state index contributed by atoms with van der Waals surface area (Å²) in [7, 11) is 3.19. The standard InChI is InChI=1S/C31H30BrNO6/c1-4-5-6-15-38-25-13-9-20(16-26(25)37-3)28-27-29(34)23-17-21(32)10-14-24(23)39-30(27)31(35)33(28)18-19-7-11-22(36-2)12-8-19/h7-14,16-17,28H,4-6,15,18H2,1-3H3. The number of hydrogen-bond donors (Lipinski definition) is 0. The summed E-state index contributed by atoms with van der Waals surface area (Å²) in [4.78, 5) is 29.3. The topological polar surface area (TPSA) is 78.2 Å². The number of fused-ring (bicyclic) bond motifs is 2. The summed E-state index contributed by atoms with van der Waals surface area (Å²) in [5, 5.41) is 0.412. The van der Waals surface area contributed by atoms with Gasteiger partial charge in [0.25, 0.3) is 5.91 Å². The quantitative estimate of drug-likeness (QED) is 0.187. The summed E-state index contributed by atoms with van der Waals surface area (Å²) in [6.45, 7) is 3.00. The number of methoxy groups -OCH3 is 2. The lowest BCUT2D eigenvalue weighted by Crippen LogP contribution is -2.29. The molecule has 1 aromatic heterocycles. The Kier molecular flexibility index (Phi) is 7.93. The molecule has 8 heteroatoms. The predicted molar refractivity (Wildman–Crippen MR) is 153 cm³/mol. The highest BCUT2D eigenvalue weighted by Crippen LogP contribution is 2.42. The molecule has 1 unspecified atom stereocenters. The van der Waals surface area contributed by atoms with E-state index < -0.39 is 6.04 Å². The van der Waals surface area contributed by atoms with E-state index in [9.17, 15) is 9.59 Å². The number of unbranched alkanes of at least 4 members (excludes halogenated alkanes) is 2. The van der Waals surface area contributed by atoms with Crippen LogP contribution < -0.4 is 19.6 Å². The Morgan fingerprint density at radius 2 is 1.72 bits per heavy atom. The van der Waals surface area contributed by atoms with Gasteiger partial charge in [0.2, 0.25) is 5.76 Å². The van der Waals surface area contributed by atoms with Crippen LogP contribution in [0.2, 0.25) is 0 Å². The average molecular weight is 592 g/mol. The summed E-state index contributed by atoms with van der Waals surface area (Å²) in [6, 6.07) is 17.6. The van der Waals surface area contributed by atoms with E-state index in [1.807, 2.05) is 42.5 Å². The lowest BCUT2D eigenvalue weighted by Gasteiger charge is -2.26. The minimum atomic E-state index is -0.669. The van der Waals surface area contributed by atoms with E-state index in [0.717, 1.165) is 40.6 Å².